The summed E-state index contributed by atoms with van der Waals surface area (Å²) in [4.78, 5) is 73.2. The molecule has 14 nitrogen and oxygen atoms in total. The molecule has 0 radical (unpaired) electrons. The molecule has 2 rings (SSSR count). The Morgan fingerprint density at radius 3 is 2.07 bits per heavy atom. The quantitative estimate of drug-likeness (QED) is 0.149. The van der Waals surface area contributed by atoms with Crippen LogP contribution in [-0.4, -0.2) is 142 Å². The average Bonchev–Trinajstić information content (AvgIpc) is 3.63. The second kappa shape index (κ2) is 22.7. The normalized spacial score (nSPS) is 18.9. The third-order valence-electron chi connectivity index (χ3n) is 10.9. The molecule has 1 fully saturated rings. The van der Waals surface area contributed by atoms with Gasteiger partial charge in [-0.15, -0.1) is 0 Å². The number of likely N-dealkylation sites (tertiary alicyclic amines) is 1. The minimum absolute atomic E-state index is 0.0118. The van der Waals surface area contributed by atoms with Crippen molar-refractivity contribution in [3.8, 4) is 0 Å². The van der Waals surface area contributed by atoms with E-state index in [9.17, 15) is 24.0 Å². The highest BCUT2D eigenvalue weighted by atomic mass is 16.5. The predicted octanol–water partition coefficient (Wildman–Crippen LogP) is 2.23. The zero-order chi connectivity index (χ0) is 40.7. The molecule has 0 bridgehead atoms. The van der Waals surface area contributed by atoms with Crippen molar-refractivity contribution in [3.05, 3.63) is 35.9 Å². The van der Waals surface area contributed by atoms with Crippen LogP contribution in [0.2, 0.25) is 0 Å². The van der Waals surface area contributed by atoms with E-state index in [1.165, 1.54) is 21.3 Å². The van der Waals surface area contributed by atoms with Gasteiger partial charge in [-0.25, -0.2) is 4.79 Å². The van der Waals surface area contributed by atoms with Gasteiger partial charge in [0.25, 0.3) is 0 Å². The van der Waals surface area contributed by atoms with E-state index in [2.05, 4.69) is 10.6 Å². The molecule has 1 unspecified atom stereocenters. The third-order valence-corrected chi connectivity index (χ3v) is 10.9. The molecule has 0 aliphatic carbocycles. The lowest BCUT2D eigenvalue weighted by molar-refractivity contribution is -0.148. The molecule has 1 heterocycles. The minimum Gasteiger partial charge on any atom is -0.467 e. The number of carbonyl (C=O) groups is 5. The number of nitrogens with two attached hydrogens (primary N) is 1. The number of esters is 1. The topological polar surface area (TPSA) is 173 Å². The number of ether oxygens (including phenoxy) is 3. The third kappa shape index (κ3) is 12.5. The van der Waals surface area contributed by atoms with E-state index in [1.54, 1.807) is 23.8 Å². The first kappa shape index (κ1) is 46.6. The molecule has 54 heavy (non-hydrogen) atoms. The predicted molar refractivity (Wildman–Crippen MR) is 208 cm³/mol. The van der Waals surface area contributed by atoms with Crippen molar-refractivity contribution < 1.29 is 38.2 Å². The van der Waals surface area contributed by atoms with E-state index in [0.29, 0.717) is 19.4 Å². The molecule has 0 saturated carbocycles. The van der Waals surface area contributed by atoms with Gasteiger partial charge in [0.15, 0.2) is 0 Å². The Balaban J connectivity index is 2.28. The van der Waals surface area contributed by atoms with Crippen LogP contribution in [0.1, 0.15) is 72.3 Å². The van der Waals surface area contributed by atoms with Crippen LogP contribution in [0.3, 0.4) is 0 Å². The van der Waals surface area contributed by atoms with E-state index in [0.717, 1.165) is 12.0 Å². The van der Waals surface area contributed by atoms with Gasteiger partial charge in [0.1, 0.15) is 12.1 Å². The zero-order valence-corrected chi connectivity index (χ0v) is 34.5. The summed E-state index contributed by atoms with van der Waals surface area (Å²) >= 11 is 0. The molecule has 306 valence electrons. The van der Waals surface area contributed by atoms with E-state index in [-0.39, 0.29) is 61.3 Å². The second-order valence-electron chi connectivity index (χ2n) is 15.2. The van der Waals surface area contributed by atoms with Crippen LogP contribution in [0.25, 0.3) is 0 Å². The van der Waals surface area contributed by atoms with Crippen molar-refractivity contribution >= 4 is 29.6 Å². The molecule has 1 saturated heterocycles. The highest BCUT2D eigenvalue weighted by Gasteiger charge is 2.43. The summed E-state index contributed by atoms with van der Waals surface area (Å²) in [6.07, 6.45) is 1.24. The number of benzene rings is 1. The summed E-state index contributed by atoms with van der Waals surface area (Å²) in [5.41, 5.74) is 6.79. The fourth-order valence-corrected chi connectivity index (χ4v) is 7.86. The fourth-order valence-electron chi connectivity index (χ4n) is 7.86. The van der Waals surface area contributed by atoms with Crippen molar-refractivity contribution in [3.63, 3.8) is 0 Å². The van der Waals surface area contributed by atoms with Gasteiger partial charge >= 0.3 is 5.97 Å². The molecule has 0 spiro atoms. The summed E-state index contributed by atoms with van der Waals surface area (Å²) in [6, 6.07) is 6.29. The maximum Gasteiger partial charge on any atom is 0.328 e. The molecule has 1 aliphatic heterocycles. The van der Waals surface area contributed by atoms with Crippen LogP contribution >= 0.6 is 0 Å². The van der Waals surface area contributed by atoms with Crippen LogP contribution in [0.15, 0.2) is 30.3 Å². The van der Waals surface area contributed by atoms with Gasteiger partial charge in [-0.2, -0.15) is 0 Å². The van der Waals surface area contributed by atoms with E-state index < -0.39 is 54.3 Å². The molecular weight excluding hydrogens is 692 g/mol. The Bertz CT molecular complexity index is 1340. The average molecular weight is 761 g/mol. The smallest absolute Gasteiger partial charge is 0.328 e. The maximum absolute atomic E-state index is 14.2. The summed E-state index contributed by atoms with van der Waals surface area (Å²) in [5.74, 6) is -2.41. The molecule has 4 N–H and O–H groups in total. The molecule has 1 aromatic rings. The number of methoxy groups -OCH3 is 3. The van der Waals surface area contributed by atoms with Crippen LogP contribution in [-0.2, 0) is 44.6 Å². The highest BCUT2D eigenvalue weighted by molar-refractivity contribution is 5.90. The van der Waals surface area contributed by atoms with E-state index in [4.69, 9.17) is 19.9 Å². The molecule has 9 atom stereocenters. The SMILES string of the molecule is CC[C@H](C)[C@@H]([C@@H](CC(=O)N1CCC[C@H]1[C@H](OC)[C@@H](C)C(=O)N[C@@H](Cc1ccccc1)C(=O)OC)OC)N(C)C(=O)[C@H](CCN)NC(=O)C(C(C)C)N(C)C. The van der Waals surface area contributed by atoms with Crippen molar-refractivity contribution in [1.29, 1.82) is 0 Å². The van der Waals surface area contributed by atoms with Crippen LogP contribution in [0.4, 0.5) is 0 Å². The molecule has 4 amide bonds. The lowest BCUT2D eigenvalue weighted by Gasteiger charge is -2.40. The van der Waals surface area contributed by atoms with E-state index >= 15 is 0 Å². The first-order chi connectivity index (χ1) is 25.6. The lowest BCUT2D eigenvalue weighted by Crippen LogP contribution is -2.59. The molecular formula is C40H68N6O8. The summed E-state index contributed by atoms with van der Waals surface area (Å²) in [6.45, 7) is 10.4. The van der Waals surface area contributed by atoms with Gasteiger partial charge in [0.05, 0.1) is 49.8 Å². The van der Waals surface area contributed by atoms with Crippen molar-refractivity contribution in [2.24, 2.45) is 23.5 Å². The summed E-state index contributed by atoms with van der Waals surface area (Å²) in [7, 11) is 9.70. The standard InChI is InChI=1S/C40H68N6O8/c1-12-26(4)35(45(8)39(50)29(20-21-41)42-38(49)34(25(2)3)44(6)7)32(52-9)24-33(47)46-22-16-19-31(46)36(53-10)27(5)37(48)43-30(40(51)54-11)23-28-17-14-13-15-18-28/h13-15,17-18,25-27,29-32,34-36H,12,16,19-24,41H2,1-11H3,(H,42,49)(H,43,48)/t26-,27+,29-,30-,31-,32+,34?,35-,36+/m0/s1. The van der Waals surface area contributed by atoms with Crippen molar-refractivity contribution in [2.45, 2.75) is 116 Å². The fraction of sp³-hybridized carbons (Fsp3) is 0.725. The Hall–Kier alpha value is -3.59. The summed E-state index contributed by atoms with van der Waals surface area (Å²) in [5, 5.41) is 5.81. The number of hydrogen-bond acceptors (Lipinski definition) is 10. The first-order valence-electron chi connectivity index (χ1n) is 19.3. The van der Waals surface area contributed by atoms with Gasteiger partial charge < -0.3 is 40.4 Å². The van der Waals surface area contributed by atoms with Gasteiger partial charge in [0, 0.05) is 34.2 Å². The maximum atomic E-state index is 14.2. The lowest BCUT2D eigenvalue weighted by atomic mass is 9.89. The van der Waals surface area contributed by atoms with Gasteiger partial charge in [-0.05, 0) is 57.3 Å². The summed E-state index contributed by atoms with van der Waals surface area (Å²) < 4.78 is 16.9. The molecule has 14 heteroatoms. The Kier molecular flexibility index (Phi) is 19.6. The number of nitrogens with zero attached hydrogens (tertiary/aromatic N) is 3. The molecule has 0 aromatic heterocycles. The Morgan fingerprint density at radius 1 is 0.926 bits per heavy atom. The number of hydrogen-bond donors (Lipinski definition) is 3. The number of carbonyl (C=O) groups excluding carboxylic acids is 5. The molecule has 1 aromatic carbocycles. The Morgan fingerprint density at radius 2 is 1.56 bits per heavy atom. The van der Waals surface area contributed by atoms with Crippen LogP contribution < -0.4 is 16.4 Å². The Labute approximate surface area is 323 Å². The van der Waals surface area contributed by atoms with E-state index in [1.807, 2.05) is 77.0 Å². The number of rotatable bonds is 22. The van der Waals surface area contributed by atoms with Crippen LogP contribution in [0.5, 0.6) is 0 Å². The van der Waals surface area contributed by atoms with Gasteiger partial charge in [0.2, 0.25) is 23.6 Å². The number of nitrogens with one attached hydrogen (secondary N) is 2. The van der Waals surface area contributed by atoms with Crippen LogP contribution in [0, 0.1) is 17.8 Å². The minimum atomic E-state index is -0.895. The van der Waals surface area contributed by atoms with Crippen molar-refractivity contribution in [2.75, 3.05) is 55.6 Å². The van der Waals surface area contributed by atoms with Gasteiger partial charge in [-0.3, -0.25) is 24.1 Å². The number of likely N-dealkylation sites (N-methyl/N-ethyl adjacent to an activating group) is 2. The number of amides is 4. The van der Waals surface area contributed by atoms with Gasteiger partial charge in [-0.1, -0.05) is 71.4 Å². The second-order valence-corrected chi connectivity index (χ2v) is 15.2. The van der Waals surface area contributed by atoms with Crippen molar-refractivity contribution in [1.82, 2.24) is 25.3 Å². The monoisotopic (exact) mass is 761 g/mol. The largest absolute Gasteiger partial charge is 0.467 e. The zero-order valence-electron chi connectivity index (χ0n) is 34.5. The highest BCUT2D eigenvalue weighted by Crippen LogP contribution is 2.29. The molecule has 1 aliphatic rings. The first-order valence-corrected chi connectivity index (χ1v) is 19.3.